The molecule has 0 aromatic carbocycles. The van der Waals surface area contributed by atoms with Gasteiger partial charge in [0.25, 0.3) is 0 Å². The second kappa shape index (κ2) is 4.98. The van der Waals surface area contributed by atoms with Gasteiger partial charge in [-0.3, -0.25) is 9.11 Å². The average Bonchev–Trinajstić information content (AvgIpc) is 2.61. The molecule has 0 saturated heterocycles. The van der Waals surface area contributed by atoms with E-state index in [4.69, 9.17) is 9.11 Å². The Morgan fingerprint density at radius 3 is 2.29 bits per heavy atom. The lowest BCUT2D eigenvalue weighted by molar-refractivity contribution is 0.435. The fourth-order valence-corrected chi connectivity index (χ4v) is 1.80. The third-order valence-corrected chi connectivity index (χ3v) is 2.55. The van der Waals surface area contributed by atoms with Gasteiger partial charge >= 0.3 is 20.6 Å². The van der Waals surface area contributed by atoms with Gasteiger partial charge in [-0.25, -0.2) is 0 Å². The van der Waals surface area contributed by atoms with Crippen molar-refractivity contribution in [3.63, 3.8) is 0 Å². The quantitative estimate of drug-likeness (QED) is 0.340. The molecule has 1 aromatic rings. The average molecular weight is 288 g/mol. The number of aromatic nitrogens is 4. The highest BCUT2D eigenvalue weighted by atomic mass is 32.2. The van der Waals surface area contributed by atoms with Crippen LogP contribution in [-0.2, 0) is 20.6 Å². The normalized spacial score (nSPS) is 14.7. The van der Waals surface area contributed by atoms with Crippen molar-refractivity contribution in [1.82, 2.24) is 30.1 Å². The van der Waals surface area contributed by atoms with Crippen LogP contribution < -0.4 is 9.44 Å². The second-order valence-corrected chi connectivity index (χ2v) is 5.16. The van der Waals surface area contributed by atoms with Crippen molar-refractivity contribution >= 4 is 20.6 Å². The van der Waals surface area contributed by atoms with Gasteiger partial charge in [-0.2, -0.15) is 31.5 Å². The number of hydrogen-bond donors (Lipinski definition) is 5. The zero-order valence-electron chi connectivity index (χ0n) is 7.97. The Morgan fingerprint density at radius 2 is 1.88 bits per heavy atom. The molecule has 0 radical (unpaired) electrons. The highest BCUT2D eigenvalue weighted by molar-refractivity contribution is 7.84. The summed E-state index contributed by atoms with van der Waals surface area (Å²) in [5, 5.41) is 11.9. The van der Waals surface area contributed by atoms with Crippen molar-refractivity contribution in [3.05, 3.63) is 5.82 Å². The molecule has 1 heterocycles. The van der Waals surface area contributed by atoms with E-state index in [-0.39, 0.29) is 5.82 Å². The molecule has 12 nitrogen and oxygen atoms in total. The Labute approximate surface area is 95.6 Å². The van der Waals surface area contributed by atoms with Gasteiger partial charge in [0.15, 0.2) is 5.82 Å². The molecule has 0 bridgehead atoms. The number of rotatable bonds is 6. The highest BCUT2D eigenvalue weighted by Crippen LogP contribution is 2.05. The summed E-state index contributed by atoms with van der Waals surface area (Å²) in [7, 11) is -9.12. The zero-order valence-corrected chi connectivity index (χ0v) is 9.60. The summed E-state index contributed by atoms with van der Waals surface area (Å²) < 4.78 is 62.2. The highest BCUT2D eigenvalue weighted by Gasteiger charge is 2.22. The van der Waals surface area contributed by atoms with E-state index in [1.54, 1.807) is 9.44 Å². The molecule has 5 N–H and O–H groups in total. The van der Waals surface area contributed by atoms with Crippen LogP contribution in [0.5, 0.6) is 0 Å². The summed E-state index contributed by atoms with van der Waals surface area (Å²) in [5.74, 6) is -0.223. The molecule has 0 amide bonds. The predicted molar refractivity (Wildman–Crippen MR) is 51.2 cm³/mol. The first-order chi connectivity index (χ1) is 7.67. The molecule has 0 aliphatic heterocycles. The Balaban J connectivity index is 2.81. The monoisotopic (exact) mass is 288 g/mol. The molecule has 98 valence electrons. The number of nitrogens with zero attached hydrogens (tertiary/aromatic N) is 3. The van der Waals surface area contributed by atoms with Crippen molar-refractivity contribution in [2.24, 2.45) is 0 Å². The summed E-state index contributed by atoms with van der Waals surface area (Å²) in [6.45, 7) is -0.613. The molecule has 0 fully saturated rings. The summed E-state index contributed by atoms with van der Waals surface area (Å²) in [5.41, 5.74) is 0. The topological polar surface area (TPSA) is 187 Å². The molecule has 1 atom stereocenters. The maximum absolute atomic E-state index is 10.6. The molecule has 0 saturated carbocycles. The minimum absolute atomic E-state index is 0.223. The molecular formula is C3H8N6O6S2. The smallest absolute Gasteiger partial charge is 0.273 e. The Morgan fingerprint density at radius 1 is 1.24 bits per heavy atom. The van der Waals surface area contributed by atoms with E-state index in [2.05, 4.69) is 15.4 Å². The van der Waals surface area contributed by atoms with Crippen LogP contribution in [0.25, 0.3) is 0 Å². The van der Waals surface area contributed by atoms with Gasteiger partial charge in [-0.15, -0.1) is 10.2 Å². The molecule has 14 heteroatoms. The van der Waals surface area contributed by atoms with Crippen LogP contribution in [0.15, 0.2) is 0 Å². The van der Waals surface area contributed by atoms with Crippen LogP contribution >= 0.6 is 0 Å². The summed E-state index contributed by atoms with van der Waals surface area (Å²) in [6.07, 6.45) is 0. The lowest BCUT2D eigenvalue weighted by atomic mass is 10.3. The van der Waals surface area contributed by atoms with Crippen LogP contribution in [0.3, 0.4) is 0 Å². The van der Waals surface area contributed by atoms with E-state index in [1.807, 2.05) is 5.21 Å². The fourth-order valence-electron chi connectivity index (χ4n) is 0.871. The Kier molecular flexibility index (Phi) is 4.07. The molecular weight excluding hydrogens is 280 g/mol. The van der Waals surface area contributed by atoms with Crippen molar-refractivity contribution < 1.29 is 25.9 Å². The van der Waals surface area contributed by atoms with E-state index in [0.717, 1.165) is 0 Å². The first kappa shape index (κ1) is 13.9. The summed E-state index contributed by atoms with van der Waals surface area (Å²) in [4.78, 5) is 0. The van der Waals surface area contributed by atoms with E-state index in [1.165, 1.54) is 0 Å². The first-order valence-electron chi connectivity index (χ1n) is 3.87. The molecule has 0 spiro atoms. The van der Waals surface area contributed by atoms with E-state index >= 15 is 0 Å². The van der Waals surface area contributed by atoms with Crippen molar-refractivity contribution in [2.45, 2.75) is 6.04 Å². The van der Waals surface area contributed by atoms with Gasteiger partial charge in [0.05, 0.1) is 0 Å². The number of H-pyrrole nitrogens is 1. The fraction of sp³-hybridized carbons (Fsp3) is 0.667. The summed E-state index contributed by atoms with van der Waals surface area (Å²) in [6, 6.07) is -1.33. The SMILES string of the molecule is O=S(=O)(O)NCC(NS(=O)(=O)O)c1nn[nH]n1. The zero-order chi connectivity index (χ0) is 13.1. The molecule has 17 heavy (non-hydrogen) atoms. The maximum Gasteiger partial charge on any atom is 0.334 e. The van der Waals surface area contributed by atoms with Crippen LogP contribution in [0.2, 0.25) is 0 Å². The summed E-state index contributed by atoms with van der Waals surface area (Å²) >= 11 is 0. The van der Waals surface area contributed by atoms with Crippen molar-refractivity contribution in [1.29, 1.82) is 0 Å². The van der Waals surface area contributed by atoms with Gasteiger partial charge in [0.2, 0.25) is 0 Å². The van der Waals surface area contributed by atoms with E-state index in [9.17, 15) is 16.8 Å². The van der Waals surface area contributed by atoms with Gasteiger partial charge < -0.3 is 0 Å². The molecule has 1 rings (SSSR count). The standard InChI is InChI=1S/C3H8N6O6S2/c10-16(11,12)4-1-2(7-17(13,14)15)3-5-8-9-6-3/h2,4,7H,1H2,(H,10,11,12)(H,13,14,15)(H,5,6,8,9). The van der Waals surface area contributed by atoms with Crippen LogP contribution in [0.4, 0.5) is 0 Å². The van der Waals surface area contributed by atoms with Gasteiger partial charge in [-0.1, -0.05) is 5.21 Å². The molecule has 0 aliphatic carbocycles. The van der Waals surface area contributed by atoms with Crippen LogP contribution in [0, 0.1) is 0 Å². The van der Waals surface area contributed by atoms with E-state index < -0.39 is 33.2 Å². The van der Waals surface area contributed by atoms with Crippen molar-refractivity contribution in [3.8, 4) is 0 Å². The Hall–Kier alpha value is -1.19. The minimum Gasteiger partial charge on any atom is -0.273 e. The van der Waals surface area contributed by atoms with Gasteiger partial charge in [0, 0.05) is 6.54 Å². The van der Waals surface area contributed by atoms with Gasteiger partial charge in [-0.05, 0) is 0 Å². The third-order valence-electron chi connectivity index (χ3n) is 1.43. The van der Waals surface area contributed by atoms with E-state index in [0.29, 0.717) is 0 Å². The maximum atomic E-state index is 10.6. The lowest BCUT2D eigenvalue weighted by Gasteiger charge is -2.12. The van der Waals surface area contributed by atoms with Crippen LogP contribution in [-0.4, -0.2) is 53.1 Å². The van der Waals surface area contributed by atoms with Gasteiger partial charge in [0.1, 0.15) is 6.04 Å². The largest absolute Gasteiger partial charge is 0.334 e. The lowest BCUT2D eigenvalue weighted by Crippen LogP contribution is -2.38. The van der Waals surface area contributed by atoms with Crippen LogP contribution in [0.1, 0.15) is 11.9 Å². The predicted octanol–water partition coefficient (Wildman–Crippen LogP) is -2.97. The minimum atomic E-state index is -4.61. The number of hydrogen-bond acceptors (Lipinski definition) is 7. The molecule has 1 unspecified atom stereocenters. The first-order valence-corrected chi connectivity index (χ1v) is 6.75. The molecule has 1 aromatic heterocycles. The number of aromatic amines is 1. The second-order valence-electron chi connectivity index (χ2n) is 2.74. The number of nitrogens with one attached hydrogen (secondary N) is 3. The van der Waals surface area contributed by atoms with Crippen molar-refractivity contribution in [2.75, 3.05) is 6.54 Å². The third kappa shape index (κ3) is 5.61. The number of tetrazole rings is 1. The molecule has 0 aliphatic rings. The Bertz CT molecular complexity index is 549.